The number of anilines is 2. The van der Waals surface area contributed by atoms with E-state index in [9.17, 15) is 4.79 Å². The number of nitrogens with one attached hydrogen (secondary N) is 3. The molecular formula is C25H29N5O. The number of amides is 2. The van der Waals surface area contributed by atoms with Crippen molar-refractivity contribution in [2.24, 2.45) is 0 Å². The zero-order valence-corrected chi connectivity index (χ0v) is 17.6. The van der Waals surface area contributed by atoms with Gasteiger partial charge in [-0.05, 0) is 54.8 Å². The van der Waals surface area contributed by atoms with Gasteiger partial charge in [0.15, 0.2) is 0 Å². The minimum atomic E-state index is -0.120. The first-order chi connectivity index (χ1) is 15.3. The molecular weight excluding hydrogens is 386 g/mol. The molecule has 3 aromatic rings. The highest BCUT2D eigenvalue weighted by molar-refractivity contribution is 5.73. The van der Waals surface area contributed by atoms with E-state index in [1.165, 1.54) is 12.0 Å². The average molecular weight is 416 g/mol. The van der Waals surface area contributed by atoms with Crippen molar-refractivity contribution in [3.8, 4) is 0 Å². The van der Waals surface area contributed by atoms with Crippen LogP contribution in [0.15, 0.2) is 79.1 Å². The predicted molar refractivity (Wildman–Crippen MR) is 124 cm³/mol. The fraction of sp³-hybridized carbons (Fsp3) is 0.280. The van der Waals surface area contributed by atoms with Crippen molar-refractivity contribution in [1.29, 1.82) is 0 Å². The Hall–Kier alpha value is -3.38. The molecule has 0 saturated carbocycles. The van der Waals surface area contributed by atoms with Gasteiger partial charge in [0, 0.05) is 49.4 Å². The molecule has 2 amide bonds. The third-order valence-electron chi connectivity index (χ3n) is 5.60. The summed E-state index contributed by atoms with van der Waals surface area (Å²) in [5.74, 6) is 0. The molecule has 1 saturated heterocycles. The number of likely N-dealkylation sites (tertiary alicyclic amines) is 1. The number of carbonyl (C=O) groups is 1. The van der Waals surface area contributed by atoms with Crippen molar-refractivity contribution in [1.82, 2.24) is 20.5 Å². The van der Waals surface area contributed by atoms with Crippen LogP contribution in [0.4, 0.5) is 16.2 Å². The van der Waals surface area contributed by atoms with Crippen molar-refractivity contribution < 1.29 is 4.79 Å². The number of hydrogen-bond acceptors (Lipinski definition) is 4. The van der Waals surface area contributed by atoms with Gasteiger partial charge in [0.1, 0.15) is 0 Å². The normalized spacial score (nSPS) is 16.1. The first kappa shape index (κ1) is 20.9. The average Bonchev–Trinajstić information content (AvgIpc) is 3.25. The van der Waals surface area contributed by atoms with E-state index in [4.69, 9.17) is 0 Å². The standard InChI is InChI=1S/C25H29N5O/c31-25(28-18-24-7-4-16-30(24)19-21-5-2-1-3-6-21)27-17-20-8-10-22(11-9-20)29-23-12-14-26-15-13-23/h1-3,5-6,8-15,24H,4,7,16-19H2,(H,26,29)(H2,27,28,31). The Morgan fingerprint density at radius 3 is 2.42 bits per heavy atom. The third kappa shape index (κ3) is 6.30. The Balaban J connectivity index is 1.19. The third-order valence-corrected chi connectivity index (χ3v) is 5.60. The van der Waals surface area contributed by atoms with Gasteiger partial charge in [-0.3, -0.25) is 9.88 Å². The molecule has 2 aromatic carbocycles. The lowest BCUT2D eigenvalue weighted by Gasteiger charge is -2.24. The fourth-order valence-electron chi connectivity index (χ4n) is 3.92. The van der Waals surface area contributed by atoms with Crippen molar-refractivity contribution in [2.75, 3.05) is 18.4 Å². The van der Waals surface area contributed by atoms with Crippen LogP contribution in [0.1, 0.15) is 24.0 Å². The molecule has 0 aliphatic carbocycles. The van der Waals surface area contributed by atoms with Gasteiger partial charge in [-0.15, -0.1) is 0 Å². The summed E-state index contributed by atoms with van der Waals surface area (Å²) in [6.07, 6.45) is 5.82. The summed E-state index contributed by atoms with van der Waals surface area (Å²) in [4.78, 5) is 18.8. The molecule has 6 nitrogen and oxygen atoms in total. The maximum atomic E-state index is 12.3. The van der Waals surface area contributed by atoms with Gasteiger partial charge < -0.3 is 16.0 Å². The number of carbonyl (C=O) groups excluding carboxylic acids is 1. The summed E-state index contributed by atoms with van der Waals surface area (Å²) in [5.41, 5.74) is 4.37. The highest BCUT2D eigenvalue weighted by atomic mass is 16.2. The second kappa shape index (κ2) is 10.6. The summed E-state index contributed by atoms with van der Waals surface area (Å²) < 4.78 is 0. The topological polar surface area (TPSA) is 69.3 Å². The van der Waals surface area contributed by atoms with Crippen LogP contribution < -0.4 is 16.0 Å². The lowest BCUT2D eigenvalue weighted by Crippen LogP contribution is -2.43. The SMILES string of the molecule is O=C(NCc1ccc(Nc2ccncc2)cc1)NCC1CCCN1Cc1ccccc1. The van der Waals surface area contributed by atoms with Crippen molar-refractivity contribution in [2.45, 2.75) is 32.0 Å². The maximum Gasteiger partial charge on any atom is 0.315 e. The first-order valence-electron chi connectivity index (χ1n) is 10.8. The number of benzene rings is 2. The van der Waals surface area contributed by atoms with Gasteiger partial charge in [-0.25, -0.2) is 4.79 Å². The van der Waals surface area contributed by atoms with Crippen LogP contribution in [-0.4, -0.2) is 35.0 Å². The molecule has 3 N–H and O–H groups in total. The predicted octanol–water partition coefficient (Wildman–Crippen LogP) is 4.29. The van der Waals surface area contributed by atoms with Gasteiger partial charge in [0.05, 0.1) is 0 Å². The Morgan fingerprint density at radius 2 is 1.65 bits per heavy atom. The van der Waals surface area contributed by atoms with Crippen LogP contribution in [0, 0.1) is 0 Å². The van der Waals surface area contributed by atoms with Gasteiger partial charge in [-0.2, -0.15) is 0 Å². The lowest BCUT2D eigenvalue weighted by molar-refractivity contribution is 0.222. The monoisotopic (exact) mass is 415 g/mol. The first-order valence-corrected chi connectivity index (χ1v) is 10.8. The molecule has 31 heavy (non-hydrogen) atoms. The largest absolute Gasteiger partial charge is 0.355 e. The van der Waals surface area contributed by atoms with E-state index < -0.39 is 0 Å². The van der Waals surface area contributed by atoms with E-state index in [-0.39, 0.29) is 6.03 Å². The van der Waals surface area contributed by atoms with E-state index in [1.807, 2.05) is 42.5 Å². The number of pyridine rings is 1. The Morgan fingerprint density at radius 1 is 0.903 bits per heavy atom. The minimum absolute atomic E-state index is 0.120. The van der Waals surface area contributed by atoms with Crippen LogP contribution in [0.25, 0.3) is 0 Å². The number of aromatic nitrogens is 1. The van der Waals surface area contributed by atoms with Crippen molar-refractivity contribution >= 4 is 17.4 Å². The summed E-state index contributed by atoms with van der Waals surface area (Å²) in [6.45, 7) is 3.20. The van der Waals surface area contributed by atoms with Crippen molar-refractivity contribution in [3.05, 3.63) is 90.3 Å². The highest BCUT2D eigenvalue weighted by Gasteiger charge is 2.24. The Kier molecular flexibility index (Phi) is 7.13. The summed E-state index contributed by atoms with van der Waals surface area (Å²) in [5, 5.41) is 9.33. The smallest absolute Gasteiger partial charge is 0.315 e. The van der Waals surface area contributed by atoms with E-state index in [0.717, 1.165) is 36.4 Å². The summed E-state index contributed by atoms with van der Waals surface area (Å²) in [7, 11) is 0. The number of nitrogens with zero attached hydrogens (tertiary/aromatic N) is 2. The molecule has 1 atom stereocenters. The van der Waals surface area contributed by atoms with Gasteiger partial charge in [0.2, 0.25) is 0 Å². The molecule has 1 unspecified atom stereocenters. The maximum absolute atomic E-state index is 12.3. The van der Waals surface area contributed by atoms with Gasteiger partial charge in [-0.1, -0.05) is 42.5 Å². The van der Waals surface area contributed by atoms with Gasteiger partial charge >= 0.3 is 6.03 Å². The highest BCUT2D eigenvalue weighted by Crippen LogP contribution is 2.19. The zero-order chi connectivity index (χ0) is 21.3. The van der Waals surface area contributed by atoms with Crippen LogP contribution in [0.5, 0.6) is 0 Å². The molecule has 160 valence electrons. The summed E-state index contributed by atoms with van der Waals surface area (Å²) in [6, 6.07) is 22.7. The number of urea groups is 1. The molecule has 0 spiro atoms. The minimum Gasteiger partial charge on any atom is -0.355 e. The van der Waals surface area contributed by atoms with Crippen LogP contribution in [0.2, 0.25) is 0 Å². The van der Waals surface area contributed by atoms with E-state index >= 15 is 0 Å². The molecule has 1 aliphatic rings. The van der Waals surface area contributed by atoms with Crippen LogP contribution >= 0.6 is 0 Å². The van der Waals surface area contributed by atoms with E-state index in [0.29, 0.717) is 19.1 Å². The molecule has 2 heterocycles. The van der Waals surface area contributed by atoms with E-state index in [1.54, 1.807) is 12.4 Å². The van der Waals surface area contributed by atoms with E-state index in [2.05, 4.69) is 50.1 Å². The summed E-state index contributed by atoms with van der Waals surface area (Å²) >= 11 is 0. The number of rotatable bonds is 8. The molecule has 1 aliphatic heterocycles. The molecule has 1 fully saturated rings. The second-order valence-electron chi connectivity index (χ2n) is 7.87. The molecule has 0 bridgehead atoms. The van der Waals surface area contributed by atoms with Crippen LogP contribution in [0.3, 0.4) is 0 Å². The molecule has 1 aromatic heterocycles. The second-order valence-corrected chi connectivity index (χ2v) is 7.87. The zero-order valence-electron chi connectivity index (χ0n) is 17.6. The Labute approximate surface area is 183 Å². The lowest BCUT2D eigenvalue weighted by atomic mass is 10.2. The number of hydrogen-bond donors (Lipinski definition) is 3. The molecule has 4 rings (SSSR count). The molecule has 0 radical (unpaired) electrons. The van der Waals surface area contributed by atoms with Crippen LogP contribution in [-0.2, 0) is 13.1 Å². The fourth-order valence-corrected chi connectivity index (χ4v) is 3.92. The quantitative estimate of drug-likeness (QED) is 0.513. The molecule has 6 heteroatoms. The van der Waals surface area contributed by atoms with Gasteiger partial charge in [0.25, 0.3) is 0 Å². The Bertz CT molecular complexity index is 947. The van der Waals surface area contributed by atoms with Crippen molar-refractivity contribution in [3.63, 3.8) is 0 Å².